The quantitative estimate of drug-likeness (QED) is 0.577. The lowest BCUT2D eigenvalue weighted by molar-refractivity contribution is -0.104. The normalized spacial score (nSPS) is 12.1. The van der Waals surface area contributed by atoms with Crippen molar-refractivity contribution in [2.24, 2.45) is 0 Å². The number of carbonyl (C=O) groups excluding carboxylic acids is 1. The van der Waals surface area contributed by atoms with Gasteiger partial charge in [0, 0.05) is 10.5 Å². The highest BCUT2D eigenvalue weighted by molar-refractivity contribution is 7.11. The molecule has 0 radical (unpaired) electrons. The van der Waals surface area contributed by atoms with Crippen molar-refractivity contribution in [2.45, 2.75) is 6.92 Å². The zero-order valence-corrected chi connectivity index (χ0v) is 9.83. The molecule has 0 saturated carbocycles. The summed E-state index contributed by atoms with van der Waals surface area (Å²) >= 11 is 1.65. The van der Waals surface area contributed by atoms with Gasteiger partial charge >= 0.3 is 0 Å². The van der Waals surface area contributed by atoms with E-state index in [4.69, 9.17) is 0 Å². The number of aldehydes is 1. The Balaban J connectivity index is 2.58. The summed E-state index contributed by atoms with van der Waals surface area (Å²) in [6.45, 7) is 1.86. The molecule has 0 N–H and O–H groups in total. The second-order valence-corrected chi connectivity index (χ2v) is 4.47. The van der Waals surface area contributed by atoms with Crippen molar-refractivity contribution >= 4 is 23.2 Å². The fourth-order valence-electron chi connectivity index (χ4n) is 1.65. The number of allylic oxidation sites excluding steroid dienone is 1. The van der Waals surface area contributed by atoms with E-state index in [1.54, 1.807) is 11.3 Å². The van der Waals surface area contributed by atoms with Crippen molar-refractivity contribution in [1.82, 2.24) is 0 Å². The second-order valence-electron chi connectivity index (χ2n) is 3.52. The summed E-state index contributed by atoms with van der Waals surface area (Å²) in [5.74, 6) is 0. The molecule has 0 saturated heterocycles. The maximum atomic E-state index is 11.0. The summed E-state index contributed by atoms with van der Waals surface area (Å²) < 4.78 is 0. The molecule has 0 unspecified atom stereocenters. The Kier molecular flexibility index (Phi) is 3.32. The molecule has 16 heavy (non-hydrogen) atoms. The molecular formula is C14H12OS. The van der Waals surface area contributed by atoms with Crippen LogP contribution >= 0.6 is 11.3 Å². The van der Waals surface area contributed by atoms with Crippen molar-refractivity contribution in [3.05, 3.63) is 63.9 Å². The molecule has 1 aromatic carbocycles. The van der Waals surface area contributed by atoms with Gasteiger partial charge in [-0.25, -0.2) is 0 Å². The molecule has 0 aliphatic rings. The van der Waals surface area contributed by atoms with Gasteiger partial charge in [0.05, 0.1) is 0 Å². The Morgan fingerprint density at radius 3 is 2.44 bits per heavy atom. The highest BCUT2D eigenvalue weighted by Gasteiger charge is 2.08. The lowest BCUT2D eigenvalue weighted by Crippen LogP contribution is -1.90. The third kappa shape index (κ3) is 2.12. The predicted molar refractivity (Wildman–Crippen MR) is 68.5 cm³/mol. The molecule has 2 rings (SSSR count). The molecule has 0 aliphatic heterocycles. The van der Waals surface area contributed by atoms with Gasteiger partial charge in [-0.15, -0.1) is 11.3 Å². The Hall–Kier alpha value is -1.67. The smallest absolute Gasteiger partial charge is 0.146 e. The fraction of sp³-hybridized carbons (Fsp3) is 0.0714. The number of hydrogen-bond donors (Lipinski definition) is 0. The third-order valence-electron chi connectivity index (χ3n) is 2.40. The van der Waals surface area contributed by atoms with E-state index in [0.717, 1.165) is 27.9 Å². The molecule has 0 spiro atoms. The molecule has 2 aromatic rings. The Bertz CT molecular complexity index is 495. The SMILES string of the molecule is CC(C=O)=C(c1ccccc1)c1cccs1. The van der Waals surface area contributed by atoms with Crippen LogP contribution in [0.5, 0.6) is 0 Å². The summed E-state index contributed by atoms with van der Waals surface area (Å²) in [4.78, 5) is 12.1. The fourth-order valence-corrected chi connectivity index (χ4v) is 2.51. The number of benzene rings is 1. The van der Waals surface area contributed by atoms with E-state index < -0.39 is 0 Å². The molecule has 1 nitrogen and oxygen atoms in total. The minimum Gasteiger partial charge on any atom is -0.298 e. The van der Waals surface area contributed by atoms with Gasteiger partial charge in [0.2, 0.25) is 0 Å². The van der Waals surface area contributed by atoms with Crippen LogP contribution in [-0.2, 0) is 4.79 Å². The van der Waals surface area contributed by atoms with Crippen molar-refractivity contribution in [1.29, 1.82) is 0 Å². The minimum atomic E-state index is 0.772. The van der Waals surface area contributed by atoms with Gasteiger partial charge in [-0.1, -0.05) is 36.4 Å². The Morgan fingerprint density at radius 2 is 1.88 bits per heavy atom. The highest BCUT2D eigenvalue weighted by atomic mass is 32.1. The van der Waals surface area contributed by atoms with E-state index in [1.807, 2.05) is 54.8 Å². The Morgan fingerprint density at radius 1 is 1.12 bits per heavy atom. The van der Waals surface area contributed by atoms with Crippen LogP contribution in [0.2, 0.25) is 0 Å². The van der Waals surface area contributed by atoms with Crippen LogP contribution in [0.25, 0.3) is 5.57 Å². The van der Waals surface area contributed by atoms with Crippen molar-refractivity contribution < 1.29 is 4.79 Å². The first-order valence-corrected chi connectivity index (χ1v) is 5.96. The summed E-state index contributed by atoms with van der Waals surface area (Å²) in [6.07, 6.45) is 0.919. The van der Waals surface area contributed by atoms with E-state index in [2.05, 4.69) is 0 Å². The van der Waals surface area contributed by atoms with Crippen LogP contribution in [0.1, 0.15) is 17.4 Å². The molecule has 0 fully saturated rings. The van der Waals surface area contributed by atoms with Crippen molar-refractivity contribution in [3.8, 4) is 0 Å². The van der Waals surface area contributed by atoms with Crippen molar-refractivity contribution in [3.63, 3.8) is 0 Å². The molecule has 2 heteroatoms. The zero-order chi connectivity index (χ0) is 11.4. The van der Waals surface area contributed by atoms with E-state index in [-0.39, 0.29) is 0 Å². The van der Waals surface area contributed by atoms with Gasteiger partial charge in [-0.05, 0) is 29.5 Å². The second kappa shape index (κ2) is 4.90. The highest BCUT2D eigenvalue weighted by Crippen LogP contribution is 2.29. The minimum absolute atomic E-state index is 0.772. The van der Waals surface area contributed by atoms with Crippen LogP contribution in [0.4, 0.5) is 0 Å². The molecule has 0 amide bonds. The molecular weight excluding hydrogens is 216 g/mol. The summed E-state index contributed by atoms with van der Waals surface area (Å²) in [5.41, 5.74) is 2.90. The van der Waals surface area contributed by atoms with Gasteiger partial charge < -0.3 is 0 Å². The van der Waals surface area contributed by atoms with Crippen LogP contribution in [-0.4, -0.2) is 6.29 Å². The standard InChI is InChI=1S/C14H12OS/c1-11(10-15)14(13-8-5-9-16-13)12-6-3-2-4-7-12/h2-10H,1H3. The zero-order valence-electron chi connectivity index (χ0n) is 9.01. The van der Waals surface area contributed by atoms with Crippen molar-refractivity contribution in [2.75, 3.05) is 0 Å². The first-order valence-electron chi connectivity index (χ1n) is 5.08. The number of thiophene rings is 1. The predicted octanol–water partition coefficient (Wildman–Crippen LogP) is 3.77. The first kappa shape index (κ1) is 10.8. The van der Waals surface area contributed by atoms with Crippen LogP contribution in [0.15, 0.2) is 53.4 Å². The number of carbonyl (C=O) groups is 1. The van der Waals surface area contributed by atoms with Gasteiger partial charge in [-0.2, -0.15) is 0 Å². The summed E-state index contributed by atoms with van der Waals surface area (Å²) in [5, 5.41) is 2.02. The van der Waals surface area contributed by atoms with E-state index in [0.29, 0.717) is 0 Å². The summed E-state index contributed by atoms with van der Waals surface area (Å²) in [7, 11) is 0. The average molecular weight is 228 g/mol. The monoisotopic (exact) mass is 228 g/mol. The summed E-state index contributed by atoms with van der Waals surface area (Å²) in [6, 6.07) is 14.1. The topological polar surface area (TPSA) is 17.1 Å². The maximum absolute atomic E-state index is 11.0. The molecule has 0 aliphatic carbocycles. The van der Waals surface area contributed by atoms with Gasteiger partial charge in [0.25, 0.3) is 0 Å². The number of hydrogen-bond acceptors (Lipinski definition) is 2. The largest absolute Gasteiger partial charge is 0.298 e. The molecule has 0 bridgehead atoms. The molecule has 80 valence electrons. The van der Waals surface area contributed by atoms with Crippen LogP contribution in [0, 0.1) is 0 Å². The van der Waals surface area contributed by atoms with E-state index in [9.17, 15) is 4.79 Å². The van der Waals surface area contributed by atoms with Gasteiger partial charge in [-0.3, -0.25) is 4.79 Å². The Labute approximate surface area is 99.1 Å². The lowest BCUT2D eigenvalue weighted by atomic mass is 10.00. The van der Waals surface area contributed by atoms with Gasteiger partial charge in [0.1, 0.15) is 6.29 Å². The van der Waals surface area contributed by atoms with Crippen LogP contribution in [0.3, 0.4) is 0 Å². The lowest BCUT2D eigenvalue weighted by Gasteiger charge is -2.07. The number of rotatable bonds is 3. The molecule has 0 atom stereocenters. The maximum Gasteiger partial charge on any atom is 0.146 e. The molecule has 1 aromatic heterocycles. The molecule has 1 heterocycles. The first-order chi connectivity index (χ1) is 7.83. The van der Waals surface area contributed by atoms with Crippen LogP contribution < -0.4 is 0 Å². The average Bonchev–Trinajstić information content (AvgIpc) is 2.84. The van der Waals surface area contributed by atoms with Gasteiger partial charge in [0.15, 0.2) is 0 Å². The third-order valence-corrected chi connectivity index (χ3v) is 3.29. The van der Waals surface area contributed by atoms with E-state index in [1.165, 1.54) is 0 Å². The van der Waals surface area contributed by atoms with E-state index >= 15 is 0 Å².